The van der Waals surface area contributed by atoms with Crippen molar-refractivity contribution in [2.24, 2.45) is 11.1 Å². The van der Waals surface area contributed by atoms with Crippen LogP contribution in [0.2, 0.25) is 0 Å². The van der Waals surface area contributed by atoms with E-state index in [4.69, 9.17) is 10.2 Å². The molecule has 0 amide bonds. The quantitative estimate of drug-likeness (QED) is 0.933. The number of hydrogen-bond donors (Lipinski definition) is 1. The number of furan rings is 1. The Morgan fingerprint density at radius 3 is 2.73 bits per heavy atom. The topological polar surface area (TPSA) is 42.4 Å². The van der Waals surface area contributed by atoms with E-state index in [9.17, 15) is 4.39 Å². The smallest absolute Gasteiger partial charge is 0.137 e. The summed E-state index contributed by atoms with van der Waals surface area (Å²) >= 11 is 0. The Morgan fingerprint density at radius 1 is 1.27 bits per heavy atom. The molecule has 1 aromatic heterocycles. The molecule has 0 radical (unpaired) electrons. The number of halogens is 2. The van der Waals surface area contributed by atoms with Crippen molar-refractivity contribution in [2.45, 2.75) is 19.9 Å². The minimum atomic E-state index is -0.254. The van der Waals surface area contributed by atoms with Gasteiger partial charge < -0.3 is 10.2 Å². The summed E-state index contributed by atoms with van der Waals surface area (Å²) in [7, 11) is 0. The fraction of sp³-hybridized carbons (Fsp3) is 0.412. The van der Waals surface area contributed by atoms with Crippen LogP contribution in [0.3, 0.4) is 0 Å². The number of rotatable bonds is 4. The van der Waals surface area contributed by atoms with Gasteiger partial charge in [-0.15, -0.1) is 12.4 Å². The maximum Gasteiger partial charge on any atom is 0.137 e. The molecular formula is C17H22ClFN2O. The first-order chi connectivity index (χ1) is 10.1. The van der Waals surface area contributed by atoms with E-state index in [1.165, 1.54) is 6.07 Å². The van der Waals surface area contributed by atoms with Gasteiger partial charge in [-0.3, -0.25) is 4.90 Å². The van der Waals surface area contributed by atoms with Crippen molar-refractivity contribution in [1.29, 1.82) is 0 Å². The van der Waals surface area contributed by atoms with Gasteiger partial charge in [0.15, 0.2) is 0 Å². The van der Waals surface area contributed by atoms with E-state index in [2.05, 4.69) is 11.8 Å². The second kappa shape index (κ2) is 6.82. The van der Waals surface area contributed by atoms with Crippen LogP contribution < -0.4 is 5.73 Å². The summed E-state index contributed by atoms with van der Waals surface area (Å²) in [5, 5.41) is 0. The van der Waals surface area contributed by atoms with E-state index < -0.39 is 0 Å². The van der Waals surface area contributed by atoms with Crippen molar-refractivity contribution in [3.05, 3.63) is 48.0 Å². The lowest BCUT2D eigenvalue weighted by atomic mass is 9.90. The third-order valence-electron chi connectivity index (χ3n) is 4.31. The fourth-order valence-electron chi connectivity index (χ4n) is 2.92. The molecule has 0 saturated carbocycles. The van der Waals surface area contributed by atoms with Crippen molar-refractivity contribution in [3.8, 4) is 11.3 Å². The summed E-state index contributed by atoms with van der Waals surface area (Å²) in [4.78, 5) is 2.34. The van der Waals surface area contributed by atoms with Crippen molar-refractivity contribution in [2.75, 3.05) is 19.6 Å². The molecule has 0 bridgehead atoms. The summed E-state index contributed by atoms with van der Waals surface area (Å²) in [6.07, 6.45) is 1.12. The Labute approximate surface area is 136 Å². The van der Waals surface area contributed by atoms with E-state index in [0.717, 1.165) is 31.8 Å². The van der Waals surface area contributed by atoms with Gasteiger partial charge >= 0.3 is 0 Å². The van der Waals surface area contributed by atoms with Gasteiger partial charge in [0.05, 0.1) is 12.1 Å². The predicted octanol–water partition coefficient (Wildman–Crippen LogP) is 3.68. The van der Waals surface area contributed by atoms with Crippen molar-refractivity contribution in [3.63, 3.8) is 0 Å². The van der Waals surface area contributed by atoms with Crippen LogP contribution in [0.5, 0.6) is 0 Å². The standard InChI is InChI=1S/C17H21FN2O.ClH/c1-17(11-19)8-9-20(12-17)10-13-6-7-16(21-13)14-4-2-3-5-15(14)18;/h2-7H,8-12,19H2,1H3;1H. The maximum absolute atomic E-state index is 13.8. The molecule has 0 aliphatic carbocycles. The minimum absolute atomic E-state index is 0. The lowest BCUT2D eigenvalue weighted by molar-refractivity contribution is 0.257. The SMILES string of the molecule is CC1(CN)CCN(Cc2ccc(-c3ccccc3F)o2)C1.Cl. The van der Waals surface area contributed by atoms with Gasteiger partial charge in [0.25, 0.3) is 0 Å². The van der Waals surface area contributed by atoms with Gasteiger partial charge in [0, 0.05) is 6.54 Å². The van der Waals surface area contributed by atoms with Gasteiger partial charge in [0.1, 0.15) is 17.3 Å². The first-order valence-electron chi connectivity index (χ1n) is 7.36. The number of benzene rings is 1. The lowest BCUT2D eigenvalue weighted by Crippen LogP contribution is -2.31. The monoisotopic (exact) mass is 324 g/mol. The highest BCUT2D eigenvalue weighted by Gasteiger charge is 2.32. The summed E-state index contributed by atoms with van der Waals surface area (Å²) in [6, 6.07) is 10.4. The van der Waals surface area contributed by atoms with Gasteiger partial charge in [-0.25, -0.2) is 4.39 Å². The molecule has 3 nitrogen and oxygen atoms in total. The van der Waals surface area contributed by atoms with E-state index in [1.807, 2.05) is 18.2 Å². The van der Waals surface area contributed by atoms with Crippen LogP contribution in [0.1, 0.15) is 19.1 Å². The molecule has 22 heavy (non-hydrogen) atoms. The molecule has 1 fully saturated rings. The normalized spacial score (nSPS) is 21.8. The molecule has 1 saturated heterocycles. The van der Waals surface area contributed by atoms with Crippen molar-refractivity contribution >= 4 is 12.4 Å². The van der Waals surface area contributed by atoms with Crippen LogP contribution in [0.4, 0.5) is 4.39 Å². The van der Waals surface area contributed by atoms with Crippen LogP contribution in [0, 0.1) is 11.2 Å². The zero-order valence-corrected chi connectivity index (χ0v) is 13.5. The van der Waals surface area contributed by atoms with Crippen LogP contribution in [0.15, 0.2) is 40.8 Å². The van der Waals surface area contributed by atoms with Gasteiger partial charge in [-0.1, -0.05) is 19.1 Å². The zero-order chi connectivity index (χ0) is 14.9. The summed E-state index contributed by atoms with van der Waals surface area (Å²) in [5.74, 6) is 1.20. The molecule has 3 rings (SSSR count). The highest BCUT2D eigenvalue weighted by Crippen LogP contribution is 2.31. The molecule has 0 spiro atoms. The van der Waals surface area contributed by atoms with E-state index in [-0.39, 0.29) is 23.6 Å². The Kier molecular flexibility index (Phi) is 5.27. The molecule has 1 aliphatic rings. The van der Waals surface area contributed by atoms with Crippen LogP contribution >= 0.6 is 12.4 Å². The highest BCUT2D eigenvalue weighted by molar-refractivity contribution is 5.85. The zero-order valence-electron chi connectivity index (χ0n) is 12.7. The molecule has 1 aliphatic heterocycles. The molecule has 120 valence electrons. The summed E-state index contributed by atoms with van der Waals surface area (Å²) in [6.45, 7) is 5.70. The molecular weight excluding hydrogens is 303 g/mol. The van der Waals surface area contributed by atoms with Crippen molar-refractivity contribution < 1.29 is 8.81 Å². The Morgan fingerprint density at radius 2 is 2.05 bits per heavy atom. The summed E-state index contributed by atoms with van der Waals surface area (Å²) in [5.41, 5.74) is 6.55. The molecule has 2 aromatic rings. The number of likely N-dealkylation sites (tertiary alicyclic amines) is 1. The molecule has 2 N–H and O–H groups in total. The second-order valence-electron chi connectivity index (χ2n) is 6.22. The third-order valence-corrected chi connectivity index (χ3v) is 4.31. The predicted molar refractivity (Wildman–Crippen MR) is 88.4 cm³/mol. The lowest BCUT2D eigenvalue weighted by Gasteiger charge is -2.21. The molecule has 1 aromatic carbocycles. The van der Waals surface area contributed by atoms with Crippen molar-refractivity contribution in [1.82, 2.24) is 4.90 Å². The van der Waals surface area contributed by atoms with Crippen LogP contribution in [-0.4, -0.2) is 24.5 Å². The molecule has 2 heterocycles. The Hall–Kier alpha value is -1.36. The average molecular weight is 325 g/mol. The fourth-order valence-corrected chi connectivity index (χ4v) is 2.92. The summed E-state index contributed by atoms with van der Waals surface area (Å²) < 4.78 is 19.6. The van der Waals surface area contributed by atoms with Gasteiger partial charge in [0.2, 0.25) is 0 Å². The first-order valence-corrected chi connectivity index (χ1v) is 7.36. The average Bonchev–Trinajstić information content (AvgIpc) is 3.08. The van der Waals surface area contributed by atoms with Gasteiger partial charge in [-0.05, 0) is 49.2 Å². The number of nitrogens with two attached hydrogens (primary N) is 1. The molecule has 1 atom stereocenters. The maximum atomic E-state index is 13.8. The minimum Gasteiger partial charge on any atom is -0.460 e. The van der Waals surface area contributed by atoms with E-state index in [0.29, 0.717) is 17.9 Å². The Balaban J connectivity index is 0.00000176. The van der Waals surface area contributed by atoms with E-state index in [1.54, 1.807) is 12.1 Å². The number of nitrogens with zero attached hydrogens (tertiary/aromatic N) is 1. The largest absolute Gasteiger partial charge is 0.460 e. The molecule has 1 unspecified atom stereocenters. The van der Waals surface area contributed by atoms with Crippen LogP contribution in [0.25, 0.3) is 11.3 Å². The molecule has 5 heteroatoms. The van der Waals surface area contributed by atoms with E-state index >= 15 is 0 Å². The first kappa shape index (κ1) is 17.0. The second-order valence-corrected chi connectivity index (χ2v) is 6.22. The van der Waals surface area contributed by atoms with Gasteiger partial charge in [-0.2, -0.15) is 0 Å². The Bertz CT molecular complexity index is 631. The highest BCUT2D eigenvalue weighted by atomic mass is 35.5. The number of hydrogen-bond acceptors (Lipinski definition) is 3. The van der Waals surface area contributed by atoms with Crippen LogP contribution in [-0.2, 0) is 6.54 Å². The third kappa shape index (κ3) is 3.51.